The van der Waals surface area contributed by atoms with Gasteiger partial charge in [-0.25, -0.2) is 0 Å². The van der Waals surface area contributed by atoms with Crippen LogP contribution in [-0.4, -0.2) is 60.1 Å². The van der Waals surface area contributed by atoms with Crippen molar-refractivity contribution in [2.24, 2.45) is 0 Å². The van der Waals surface area contributed by atoms with Crippen LogP contribution < -0.4 is 0 Å². The first-order chi connectivity index (χ1) is 5.06. The zero-order chi connectivity index (χ0) is 8.85. The maximum Gasteiger partial charge on any atom is 0.0816 e. The van der Waals surface area contributed by atoms with Gasteiger partial charge in [-0.1, -0.05) is 6.92 Å². The monoisotopic (exact) mass is 162 g/mol. The Hall–Kier alpha value is -0.160. The largest absolute Gasteiger partial charge is 0.390 e. The van der Waals surface area contributed by atoms with Gasteiger partial charge in [0.15, 0.2) is 0 Å². The third-order valence-corrected chi connectivity index (χ3v) is 1.54. The fourth-order valence-corrected chi connectivity index (χ4v) is 0.852. The van der Waals surface area contributed by atoms with Crippen LogP contribution >= 0.6 is 0 Å². The fraction of sp³-hybridized carbons (Fsp3) is 1.00. The molecule has 0 aromatic rings. The number of aliphatic hydroxyl groups is 1. The van der Waals surface area contributed by atoms with Crippen LogP contribution in [0.25, 0.3) is 0 Å². The van der Waals surface area contributed by atoms with Gasteiger partial charge in [0.2, 0.25) is 0 Å². The highest BCUT2D eigenvalue weighted by molar-refractivity contribution is 4.60. The average Bonchev–Trinajstić information content (AvgIpc) is 1.85. The molecule has 0 fully saturated rings. The second-order valence-electron chi connectivity index (χ2n) is 2.85. The molecular weight excluding hydrogens is 144 g/mol. The summed E-state index contributed by atoms with van der Waals surface area (Å²) < 4.78 is 0. The lowest BCUT2D eigenvalue weighted by Gasteiger charge is -2.20. The van der Waals surface area contributed by atoms with Crippen LogP contribution in [0.1, 0.15) is 6.92 Å². The SMILES string of the molecule is CCN(C)C[C@H](O)CN(C)O. The summed E-state index contributed by atoms with van der Waals surface area (Å²) in [6.07, 6.45) is -0.477. The highest BCUT2D eigenvalue weighted by atomic mass is 16.5. The molecule has 11 heavy (non-hydrogen) atoms. The molecule has 0 aliphatic carbocycles. The number of hydroxylamine groups is 2. The lowest BCUT2D eigenvalue weighted by molar-refractivity contribution is -0.0925. The molecule has 0 amide bonds. The van der Waals surface area contributed by atoms with E-state index in [0.29, 0.717) is 13.1 Å². The summed E-state index contributed by atoms with van der Waals surface area (Å²) in [5, 5.41) is 19.0. The van der Waals surface area contributed by atoms with Gasteiger partial charge < -0.3 is 15.2 Å². The number of rotatable bonds is 5. The van der Waals surface area contributed by atoms with E-state index in [1.165, 1.54) is 7.05 Å². The normalized spacial score (nSPS) is 14.5. The van der Waals surface area contributed by atoms with Crippen molar-refractivity contribution >= 4 is 0 Å². The van der Waals surface area contributed by atoms with Crippen molar-refractivity contribution in [3.8, 4) is 0 Å². The van der Waals surface area contributed by atoms with Crippen LogP contribution in [0.15, 0.2) is 0 Å². The van der Waals surface area contributed by atoms with Gasteiger partial charge in [-0.3, -0.25) is 0 Å². The van der Waals surface area contributed by atoms with Gasteiger partial charge in [0, 0.05) is 13.6 Å². The van der Waals surface area contributed by atoms with E-state index in [1.54, 1.807) is 0 Å². The van der Waals surface area contributed by atoms with E-state index in [0.717, 1.165) is 11.6 Å². The Morgan fingerprint density at radius 1 is 1.27 bits per heavy atom. The Balaban J connectivity index is 3.43. The minimum atomic E-state index is -0.477. The Kier molecular flexibility index (Phi) is 5.41. The maximum absolute atomic E-state index is 9.28. The zero-order valence-corrected chi connectivity index (χ0v) is 7.49. The molecule has 4 heteroatoms. The van der Waals surface area contributed by atoms with Crippen LogP contribution in [-0.2, 0) is 0 Å². The van der Waals surface area contributed by atoms with Crippen LogP contribution in [0.2, 0.25) is 0 Å². The van der Waals surface area contributed by atoms with E-state index in [4.69, 9.17) is 5.21 Å². The van der Waals surface area contributed by atoms with Crippen LogP contribution in [0.3, 0.4) is 0 Å². The highest BCUT2D eigenvalue weighted by Gasteiger charge is 2.07. The van der Waals surface area contributed by atoms with Crippen molar-refractivity contribution in [1.82, 2.24) is 9.96 Å². The molecular formula is C7H18N2O2. The standard InChI is InChI=1S/C7H18N2O2/c1-4-8(2)5-7(10)6-9(3)11/h7,10-11H,4-6H2,1-3H3/t7-/m0/s1. The molecule has 0 spiro atoms. The summed E-state index contributed by atoms with van der Waals surface area (Å²) in [6.45, 7) is 3.83. The molecule has 2 N–H and O–H groups in total. The van der Waals surface area contributed by atoms with Crippen molar-refractivity contribution in [3.05, 3.63) is 0 Å². The minimum absolute atomic E-state index is 0.296. The average molecular weight is 162 g/mol. The number of aliphatic hydroxyl groups excluding tert-OH is 1. The number of hydrogen-bond donors (Lipinski definition) is 2. The van der Waals surface area contributed by atoms with Gasteiger partial charge in [-0.15, -0.1) is 0 Å². The second-order valence-corrected chi connectivity index (χ2v) is 2.85. The van der Waals surface area contributed by atoms with E-state index in [-0.39, 0.29) is 0 Å². The topological polar surface area (TPSA) is 46.9 Å². The molecule has 0 aromatic heterocycles. The lowest BCUT2D eigenvalue weighted by atomic mass is 10.3. The summed E-state index contributed by atoms with van der Waals surface area (Å²) in [6, 6.07) is 0. The molecule has 0 bridgehead atoms. The Morgan fingerprint density at radius 2 is 1.82 bits per heavy atom. The van der Waals surface area contributed by atoms with Crippen molar-refractivity contribution < 1.29 is 10.3 Å². The number of hydrogen-bond acceptors (Lipinski definition) is 4. The molecule has 4 nitrogen and oxygen atoms in total. The maximum atomic E-state index is 9.28. The van der Waals surface area contributed by atoms with E-state index in [9.17, 15) is 5.11 Å². The molecule has 0 aliphatic rings. The first-order valence-electron chi connectivity index (χ1n) is 3.82. The number of likely N-dealkylation sites (N-methyl/N-ethyl adjacent to an activating group) is 2. The fourth-order valence-electron chi connectivity index (χ4n) is 0.852. The van der Waals surface area contributed by atoms with E-state index >= 15 is 0 Å². The molecule has 0 aromatic carbocycles. The zero-order valence-electron chi connectivity index (χ0n) is 7.49. The van der Waals surface area contributed by atoms with Crippen LogP contribution in [0.4, 0.5) is 0 Å². The molecule has 0 saturated carbocycles. The second kappa shape index (κ2) is 5.49. The van der Waals surface area contributed by atoms with Gasteiger partial charge in [-0.05, 0) is 13.6 Å². The first-order valence-corrected chi connectivity index (χ1v) is 3.82. The summed E-state index contributed by atoms with van der Waals surface area (Å²) in [5.41, 5.74) is 0. The quantitative estimate of drug-likeness (QED) is 0.541. The van der Waals surface area contributed by atoms with E-state index in [2.05, 4.69) is 0 Å². The van der Waals surface area contributed by atoms with Crippen molar-refractivity contribution in [2.75, 3.05) is 33.7 Å². The molecule has 68 valence electrons. The van der Waals surface area contributed by atoms with Crippen molar-refractivity contribution in [3.63, 3.8) is 0 Å². The lowest BCUT2D eigenvalue weighted by Crippen LogP contribution is -2.36. The molecule has 0 radical (unpaired) electrons. The van der Waals surface area contributed by atoms with Gasteiger partial charge >= 0.3 is 0 Å². The smallest absolute Gasteiger partial charge is 0.0816 e. The first kappa shape index (κ1) is 10.8. The summed E-state index contributed by atoms with van der Waals surface area (Å²) in [4.78, 5) is 1.99. The van der Waals surface area contributed by atoms with Gasteiger partial charge in [0.05, 0.1) is 12.6 Å². The van der Waals surface area contributed by atoms with Gasteiger partial charge in [-0.2, -0.15) is 5.06 Å². The molecule has 0 unspecified atom stereocenters. The molecule has 0 rings (SSSR count). The predicted octanol–water partition coefficient (Wildman–Crippen LogP) is -0.380. The van der Waals surface area contributed by atoms with E-state index < -0.39 is 6.10 Å². The Morgan fingerprint density at radius 3 is 2.18 bits per heavy atom. The third kappa shape index (κ3) is 6.25. The molecule has 0 heterocycles. The summed E-state index contributed by atoms with van der Waals surface area (Å²) >= 11 is 0. The molecule has 0 saturated heterocycles. The van der Waals surface area contributed by atoms with Gasteiger partial charge in [0.1, 0.15) is 0 Å². The minimum Gasteiger partial charge on any atom is -0.390 e. The van der Waals surface area contributed by atoms with Crippen LogP contribution in [0, 0.1) is 0 Å². The Labute approximate surface area is 68.0 Å². The summed E-state index contributed by atoms with van der Waals surface area (Å²) in [5.74, 6) is 0. The Bertz CT molecular complexity index is 98.4. The third-order valence-electron chi connectivity index (χ3n) is 1.54. The number of nitrogens with zero attached hydrogens (tertiary/aromatic N) is 2. The highest BCUT2D eigenvalue weighted by Crippen LogP contribution is 1.89. The van der Waals surface area contributed by atoms with Crippen LogP contribution in [0.5, 0.6) is 0 Å². The van der Waals surface area contributed by atoms with Gasteiger partial charge in [0.25, 0.3) is 0 Å². The summed E-state index contributed by atoms with van der Waals surface area (Å²) in [7, 11) is 3.45. The molecule has 0 aliphatic heterocycles. The molecule has 1 atom stereocenters. The van der Waals surface area contributed by atoms with E-state index in [1.807, 2.05) is 18.9 Å². The van der Waals surface area contributed by atoms with Crippen molar-refractivity contribution in [1.29, 1.82) is 0 Å². The van der Waals surface area contributed by atoms with Crippen molar-refractivity contribution in [2.45, 2.75) is 13.0 Å². The predicted molar refractivity (Wildman–Crippen MR) is 43.6 cm³/mol.